The highest BCUT2D eigenvalue weighted by molar-refractivity contribution is 7.91. The van der Waals surface area contributed by atoms with Gasteiger partial charge in [0.1, 0.15) is 0 Å². The topological polar surface area (TPSA) is 86.6 Å². The molecule has 102 valence electrons. The summed E-state index contributed by atoms with van der Waals surface area (Å²) in [6.07, 6.45) is -0.748. The molecule has 0 saturated carbocycles. The van der Waals surface area contributed by atoms with Crippen molar-refractivity contribution in [2.24, 2.45) is 5.41 Å². The summed E-state index contributed by atoms with van der Waals surface area (Å²) in [5.74, 6) is -0.226. The van der Waals surface area contributed by atoms with Crippen molar-refractivity contribution < 1.29 is 18.6 Å². The monoisotopic (exact) mass is 265 g/mol. The molecule has 0 bridgehead atoms. The highest BCUT2D eigenvalue weighted by atomic mass is 32.2. The Bertz CT molecular complexity index is 347. The first kappa shape index (κ1) is 14.9. The van der Waals surface area contributed by atoms with Gasteiger partial charge in [0, 0.05) is 12.6 Å². The van der Waals surface area contributed by atoms with Crippen LogP contribution in [0.5, 0.6) is 0 Å². The van der Waals surface area contributed by atoms with Crippen molar-refractivity contribution in [1.82, 2.24) is 5.32 Å². The molecule has 3 unspecified atom stereocenters. The molecule has 1 rings (SSSR count). The van der Waals surface area contributed by atoms with E-state index in [0.29, 0.717) is 13.0 Å². The van der Waals surface area contributed by atoms with Crippen LogP contribution >= 0.6 is 0 Å². The molecule has 0 amide bonds. The molecule has 0 spiro atoms. The van der Waals surface area contributed by atoms with Crippen LogP contribution < -0.4 is 5.32 Å². The fourth-order valence-electron chi connectivity index (χ4n) is 2.09. The zero-order chi connectivity index (χ0) is 13.3. The van der Waals surface area contributed by atoms with Crippen molar-refractivity contribution in [3.8, 4) is 0 Å². The third kappa shape index (κ3) is 5.33. The van der Waals surface area contributed by atoms with Gasteiger partial charge in [-0.2, -0.15) is 0 Å². The molecule has 3 atom stereocenters. The lowest BCUT2D eigenvalue weighted by Crippen LogP contribution is -2.43. The molecule has 5 nitrogen and oxygen atoms in total. The van der Waals surface area contributed by atoms with Crippen molar-refractivity contribution in [2.75, 3.05) is 18.1 Å². The smallest absolute Gasteiger partial charge is 0.154 e. The Hall–Kier alpha value is -0.170. The maximum atomic E-state index is 11.3. The van der Waals surface area contributed by atoms with Gasteiger partial charge in [-0.05, 0) is 11.8 Å². The second-order valence-corrected chi connectivity index (χ2v) is 8.23. The van der Waals surface area contributed by atoms with Gasteiger partial charge in [0.2, 0.25) is 0 Å². The van der Waals surface area contributed by atoms with Gasteiger partial charge in [-0.25, -0.2) is 8.42 Å². The van der Waals surface area contributed by atoms with Crippen LogP contribution in [0, 0.1) is 5.41 Å². The first-order valence-corrected chi connectivity index (χ1v) is 7.71. The SMILES string of the molecule is CC(C)(C)CC(O)CNC1CS(=O)(=O)CC1O. The molecule has 0 aromatic rings. The lowest BCUT2D eigenvalue weighted by atomic mass is 9.89. The van der Waals surface area contributed by atoms with Gasteiger partial charge in [-0.15, -0.1) is 0 Å². The van der Waals surface area contributed by atoms with Crippen LogP contribution in [0.15, 0.2) is 0 Å². The van der Waals surface area contributed by atoms with Crippen molar-refractivity contribution >= 4 is 9.84 Å². The Kier molecular flexibility index (Phi) is 4.57. The van der Waals surface area contributed by atoms with Crippen LogP contribution in [0.25, 0.3) is 0 Å². The Morgan fingerprint density at radius 1 is 1.35 bits per heavy atom. The predicted molar refractivity (Wildman–Crippen MR) is 66.5 cm³/mol. The molecule has 0 radical (unpaired) electrons. The van der Waals surface area contributed by atoms with Crippen molar-refractivity contribution in [2.45, 2.75) is 45.4 Å². The maximum Gasteiger partial charge on any atom is 0.154 e. The van der Waals surface area contributed by atoms with Crippen molar-refractivity contribution in [3.05, 3.63) is 0 Å². The number of sulfone groups is 1. The molecule has 1 aliphatic heterocycles. The van der Waals surface area contributed by atoms with Gasteiger partial charge in [-0.3, -0.25) is 0 Å². The Balaban J connectivity index is 2.37. The lowest BCUT2D eigenvalue weighted by molar-refractivity contribution is 0.105. The van der Waals surface area contributed by atoms with E-state index < -0.39 is 28.1 Å². The van der Waals surface area contributed by atoms with Crippen LogP contribution in [0.2, 0.25) is 0 Å². The summed E-state index contributed by atoms with van der Waals surface area (Å²) in [5, 5.41) is 22.2. The predicted octanol–water partition coefficient (Wildman–Crippen LogP) is -0.469. The average molecular weight is 265 g/mol. The molecule has 17 heavy (non-hydrogen) atoms. The minimum atomic E-state index is -3.12. The van der Waals surface area contributed by atoms with Gasteiger partial charge >= 0.3 is 0 Å². The normalized spacial score (nSPS) is 30.4. The van der Waals surface area contributed by atoms with E-state index in [1.165, 1.54) is 0 Å². The highest BCUT2D eigenvalue weighted by Gasteiger charge is 2.36. The van der Waals surface area contributed by atoms with E-state index in [0.717, 1.165) is 0 Å². The van der Waals surface area contributed by atoms with Crippen LogP contribution in [-0.4, -0.2) is 54.9 Å². The number of aliphatic hydroxyl groups is 2. The second kappa shape index (κ2) is 5.22. The summed E-state index contributed by atoms with van der Waals surface area (Å²) >= 11 is 0. The summed E-state index contributed by atoms with van der Waals surface area (Å²) in [6, 6.07) is -0.449. The number of nitrogens with one attached hydrogen (secondary N) is 1. The van der Waals surface area contributed by atoms with E-state index >= 15 is 0 Å². The second-order valence-electron chi connectivity index (χ2n) is 6.08. The first-order chi connectivity index (χ1) is 7.59. The Morgan fingerprint density at radius 3 is 2.35 bits per heavy atom. The quantitative estimate of drug-likeness (QED) is 0.640. The summed E-state index contributed by atoms with van der Waals surface area (Å²) in [4.78, 5) is 0. The van der Waals surface area contributed by atoms with Gasteiger partial charge in [-0.1, -0.05) is 20.8 Å². The molecule has 6 heteroatoms. The molecule has 0 aromatic heterocycles. The maximum absolute atomic E-state index is 11.3. The van der Waals surface area contributed by atoms with Crippen molar-refractivity contribution in [1.29, 1.82) is 0 Å². The van der Waals surface area contributed by atoms with Crippen LogP contribution in [0.3, 0.4) is 0 Å². The minimum Gasteiger partial charge on any atom is -0.392 e. The molecular formula is C11H23NO4S. The first-order valence-electron chi connectivity index (χ1n) is 5.89. The zero-order valence-corrected chi connectivity index (χ0v) is 11.5. The summed E-state index contributed by atoms with van der Waals surface area (Å²) in [7, 11) is -3.12. The molecule has 1 heterocycles. The molecule has 1 saturated heterocycles. The minimum absolute atomic E-state index is 0.0292. The number of hydrogen-bond acceptors (Lipinski definition) is 5. The Labute approximate surface area is 103 Å². The third-order valence-electron chi connectivity index (χ3n) is 2.79. The Morgan fingerprint density at radius 2 is 1.94 bits per heavy atom. The van der Waals surface area contributed by atoms with Crippen LogP contribution in [0.1, 0.15) is 27.2 Å². The number of rotatable bonds is 4. The summed E-state index contributed by atoms with van der Waals surface area (Å²) in [5.41, 5.74) is 0.0292. The lowest BCUT2D eigenvalue weighted by Gasteiger charge is -2.24. The highest BCUT2D eigenvalue weighted by Crippen LogP contribution is 2.20. The number of hydrogen-bond donors (Lipinski definition) is 3. The molecule has 1 fully saturated rings. The molecule has 0 aromatic carbocycles. The largest absolute Gasteiger partial charge is 0.392 e. The van der Waals surface area contributed by atoms with Gasteiger partial charge in [0.25, 0.3) is 0 Å². The molecule has 0 aliphatic carbocycles. The van der Waals surface area contributed by atoms with E-state index in [1.807, 2.05) is 20.8 Å². The van der Waals surface area contributed by atoms with E-state index in [2.05, 4.69) is 5.32 Å². The molecular weight excluding hydrogens is 242 g/mol. The summed E-state index contributed by atoms with van der Waals surface area (Å²) < 4.78 is 22.5. The van der Waals surface area contributed by atoms with Gasteiger partial charge in [0.05, 0.1) is 23.7 Å². The van der Waals surface area contributed by atoms with E-state index in [9.17, 15) is 18.6 Å². The molecule has 3 N–H and O–H groups in total. The van der Waals surface area contributed by atoms with E-state index in [1.54, 1.807) is 0 Å². The van der Waals surface area contributed by atoms with Crippen LogP contribution in [0.4, 0.5) is 0 Å². The van der Waals surface area contributed by atoms with E-state index in [4.69, 9.17) is 0 Å². The van der Waals surface area contributed by atoms with Crippen LogP contribution in [-0.2, 0) is 9.84 Å². The van der Waals surface area contributed by atoms with Crippen molar-refractivity contribution in [3.63, 3.8) is 0 Å². The summed E-state index contributed by atoms with van der Waals surface area (Å²) in [6.45, 7) is 6.41. The zero-order valence-electron chi connectivity index (χ0n) is 10.7. The fourth-order valence-corrected chi connectivity index (χ4v) is 3.87. The van der Waals surface area contributed by atoms with Gasteiger partial charge < -0.3 is 15.5 Å². The van der Waals surface area contributed by atoms with Gasteiger partial charge in [0.15, 0.2) is 9.84 Å². The average Bonchev–Trinajstić information content (AvgIpc) is 2.33. The van der Waals surface area contributed by atoms with E-state index in [-0.39, 0.29) is 16.9 Å². The third-order valence-corrected chi connectivity index (χ3v) is 4.50. The number of aliphatic hydroxyl groups excluding tert-OH is 2. The fraction of sp³-hybridized carbons (Fsp3) is 1.00. The molecule has 1 aliphatic rings. The standard InChI is InChI=1S/C11H23NO4S/c1-11(2,3)4-8(13)5-12-9-6-17(15,16)7-10(9)14/h8-10,12-14H,4-7H2,1-3H3.